The number of anilines is 1. The molecule has 2 aliphatic heterocycles. The molecular formula is C21H23FN6O2. The number of imidazole rings is 1. The van der Waals surface area contributed by atoms with Crippen LogP contribution in [0.25, 0.3) is 5.65 Å². The van der Waals surface area contributed by atoms with Gasteiger partial charge in [-0.25, -0.2) is 13.9 Å². The molecule has 2 fully saturated rings. The standard InChI is InChI=1S/C21H23FN6O2/c22-16-4-3-14(9-18(16)29)11-26-12-15(13-26)24-21(30)17-10-23-19-5-6-20(25-28(17)19)27-7-1-2-8-27/h3-6,9-10,15,29H,1-2,7-8,11-13H2,(H,24,30). The second-order valence-corrected chi connectivity index (χ2v) is 7.95. The third-order valence-electron chi connectivity index (χ3n) is 5.72. The van der Waals surface area contributed by atoms with Crippen LogP contribution in [0.3, 0.4) is 0 Å². The van der Waals surface area contributed by atoms with Gasteiger partial charge in [-0.1, -0.05) is 6.07 Å². The fourth-order valence-corrected chi connectivity index (χ4v) is 4.10. The van der Waals surface area contributed by atoms with E-state index in [9.17, 15) is 14.3 Å². The van der Waals surface area contributed by atoms with E-state index in [-0.39, 0.29) is 17.7 Å². The van der Waals surface area contributed by atoms with Crippen molar-refractivity contribution in [3.05, 3.63) is 53.6 Å². The summed E-state index contributed by atoms with van der Waals surface area (Å²) in [6.45, 7) is 3.94. The molecule has 3 aromatic rings. The lowest BCUT2D eigenvalue weighted by Crippen LogP contribution is -2.58. The predicted molar refractivity (Wildman–Crippen MR) is 109 cm³/mol. The Bertz CT molecular complexity index is 1090. The van der Waals surface area contributed by atoms with E-state index in [4.69, 9.17) is 0 Å². The molecule has 0 spiro atoms. The molecule has 0 aliphatic carbocycles. The first-order chi connectivity index (χ1) is 14.6. The van der Waals surface area contributed by atoms with Crippen LogP contribution in [0.15, 0.2) is 36.5 Å². The molecule has 0 saturated carbocycles. The number of benzene rings is 1. The Labute approximate surface area is 172 Å². The molecule has 5 rings (SSSR count). The van der Waals surface area contributed by atoms with Crippen molar-refractivity contribution in [1.82, 2.24) is 24.8 Å². The van der Waals surface area contributed by atoms with Gasteiger partial charge in [-0.15, -0.1) is 5.10 Å². The lowest BCUT2D eigenvalue weighted by Gasteiger charge is -2.39. The van der Waals surface area contributed by atoms with Crippen LogP contribution in [-0.4, -0.2) is 62.7 Å². The highest BCUT2D eigenvalue weighted by atomic mass is 19.1. The maximum absolute atomic E-state index is 13.2. The first kappa shape index (κ1) is 18.8. The van der Waals surface area contributed by atoms with Crippen molar-refractivity contribution < 1.29 is 14.3 Å². The lowest BCUT2D eigenvalue weighted by molar-refractivity contribution is 0.0788. The van der Waals surface area contributed by atoms with Crippen molar-refractivity contribution in [3.63, 3.8) is 0 Å². The second-order valence-electron chi connectivity index (χ2n) is 7.95. The van der Waals surface area contributed by atoms with E-state index >= 15 is 0 Å². The van der Waals surface area contributed by atoms with Crippen LogP contribution in [0.4, 0.5) is 10.2 Å². The highest BCUT2D eigenvalue weighted by Gasteiger charge is 2.29. The summed E-state index contributed by atoms with van der Waals surface area (Å²) in [5.41, 5.74) is 1.90. The van der Waals surface area contributed by atoms with Crippen molar-refractivity contribution in [2.75, 3.05) is 31.1 Å². The van der Waals surface area contributed by atoms with Gasteiger partial charge in [0.25, 0.3) is 5.91 Å². The Morgan fingerprint density at radius 3 is 2.77 bits per heavy atom. The third-order valence-corrected chi connectivity index (χ3v) is 5.72. The van der Waals surface area contributed by atoms with E-state index < -0.39 is 5.82 Å². The van der Waals surface area contributed by atoms with Gasteiger partial charge in [-0.3, -0.25) is 9.69 Å². The highest BCUT2D eigenvalue weighted by Crippen LogP contribution is 2.21. The highest BCUT2D eigenvalue weighted by molar-refractivity contribution is 5.93. The summed E-state index contributed by atoms with van der Waals surface area (Å²) in [4.78, 5) is 21.4. The van der Waals surface area contributed by atoms with Crippen molar-refractivity contribution >= 4 is 17.4 Å². The topological polar surface area (TPSA) is 86.0 Å². The monoisotopic (exact) mass is 410 g/mol. The van der Waals surface area contributed by atoms with Crippen molar-refractivity contribution in [2.45, 2.75) is 25.4 Å². The summed E-state index contributed by atoms with van der Waals surface area (Å²) in [7, 11) is 0. The molecule has 2 N–H and O–H groups in total. The van der Waals surface area contributed by atoms with Crippen LogP contribution in [-0.2, 0) is 6.54 Å². The number of carbonyl (C=O) groups is 1. The van der Waals surface area contributed by atoms with Crippen LogP contribution in [0.1, 0.15) is 28.9 Å². The molecule has 1 amide bonds. The minimum atomic E-state index is -0.623. The van der Waals surface area contributed by atoms with Gasteiger partial charge >= 0.3 is 0 Å². The number of halogens is 1. The Hall–Kier alpha value is -3.20. The second kappa shape index (κ2) is 7.56. The third kappa shape index (κ3) is 3.56. The van der Waals surface area contributed by atoms with Crippen LogP contribution in [0.2, 0.25) is 0 Å². The lowest BCUT2D eigenvalue weighted by atomic mass is 10.1. The van der Waals surface area contributed by atoms with E-state index in [1.807, 2.05) is 12.1 Å². The number of aromatic hydroxyl groups is 1. The van der Waals surface area contributed by atoms with Crippen molar-refractivity contribution in [1.29, 1.82) is 0 Å². The fraction of sp³-hybridized carbons (Fsp3) is 0.381. The van der Waals surface area contributed by atoms with E-state index in [1.165, 1.54) is 12.1 Å². The summed E-state index contributed by atoms with van der Waals surface area (Å²) < 4.78 is 14.8. The Morgan fingerprint density at radius 2 is 2.00 bits per heavy atom. The molecule has 156 valence electrons. The van der Waals surface area contributed by atoms with E-state index in [0.717, 1.165) is 37.3 Å². The first-order valence-electron chi connectivity index (χ1n) is 10.2. The molecule has 0 atom stereocenters. The van der Waals surface area contributed by atoms with E-state index in [1.54, 1.807) is 16.8 Å². The number of fused-ring (bicyclic) bond motifs is 1. The Morgan fingerprint density at radius 1 is 1.20 bits per heavy atom. The minimum Gasteiger partial charge on any atom is -0.505 e. The SMILES string of the molecule is O=C(NC1CN(Cc2ccc(F)c(O)c2)C1)c1cnc2ccc(N3CCCC3)nn12. The average molecular weight is 410 g/mol. The normalized spacial score (nSPS) is 17.4. The maximum Gasteiger partial charge on any atom is 0.271 e. The number of nitrogens with one attached hydrogen (secondary N) is 1. The van der Waals surface area contributed by atoms with Gasteiger partial charge in [0.2, 0.25) is 0 Å². The minimum absolute atomic E-state index is 0.0267. The van der Waals surface area contributed by atoms with Crippen molar-refractivity contribution in [3.8, 4) is 5.75 Å². The Kier molecular flexibility index (Phi) is 4.74. The molecular weight excluding hydrogens is 387 g/mol. The predicted octanol–water partition coefficient (Wildman–Crippen LogP) is 1.79. The molecule has 2 saturated heterocycles. The number of hydrogen-bond donors (Lipinski definition) is 2. The molecule has 0 radical (unpaired) electrons. The Balaban J connectivity index is 1.21. The van der Waals surface area contributed by atoms with Gasteiger partial charge in [-0.05, 0) is 42.7 Å². The smallest absolute Gasteiger partial charge is 0.271 e. The van der Waals surface area contributed by atoms with Crippen LogP contribution < -0.4 is 10.2 Å². The molecule has 8 nitrogen and oxygen atoms in total. The van der Waals surface area contributed by atoms with Gasteiger partial charge in [-0.2, -0.15) is 0 Å². The van der Waals surface area contributed by atoms with Gasteiger partial charge in [0.1, 0.15) is 5.82 Å². The molecule has 9 heteroatoms. The molecule has 0 bridgehead atoms. The number of phenolic OH excluding ortho intramolecular Hbond substituents is 1. The zero-order valence-electron chi connectivity index (χ0n) is 16.5. The molecule has 0 unspecified atom stereocenters. The summed E-state index contributed by atoms with van der Waals surface area (Å²) >= 11 is 0. The molecule has 2 aliphatic rings. The van der Waals surface area contributed by atoms with Crippen LogP contribution in [0, 0.1) is 5.82 Å². The number of rotatable bonds is 5. The zero-order valence-corrected chi connectivity index (χ0v) is 16.5. The number of amides is 1. The summed E-state index contributed by atoms with van der Waals surface area (Å²) in [5, 5.41) is 17.1. The number of hydrogen-bond acceptors (Lipinski definition) is 6. The van der Waals surface area contributed by atoms with Gasteiger partial charge in [0.15, 0.2) is 22.9 Å². The van der Waals surface area contributed by atoms with Crippen LogP contribution in [0.5, 0.6) is 5.75 Å². The van der Waals surface area contributed by atoms with Crippen molar-refractivity contribution in [2.24, 2.45) is 0 Å². The first-order valence-corrected chi connectivity index (χ1v) is 10.2. The summed E-state index contributed by atoms with van der Waals surface area (Å²) in [6, 6.07) is 8.22. The number of aromatic nitrogens is 3. The van der Waals surface area contributed by atoms with Gasteiger partial charge < -0.3 is 15.3 Å². The molecule has 2 aromatic heterocycles. The number of likely N-dealkylation sites (tertiary alicyclic amines) is 1. The largest absolute Gasteiger partial charge is 0.505 e. The maximum atomic E-state index is 13.2. The molecule has 1 aromatic carbocycles. The van der Waals surface area contributed by atoms with Gasteiger partial charge in [0.05, 0.1) is 12.2 Å². The number of phenols is 1. The quantitative estimate of drug-likeness (QED) is 0.667. The fourth-order valence-electron chi connectivity index (χ4n) is 4.10. The molecule has 30 heavy (non-hydrogen) atoms. The zero-order chi connectivity index (χ0) is 20.7. The molecule has 4 heterocycles. The summed E-state index contributed by atoms with van der Waals surface area (Å²) in [6.07, 6.45) is 3.88. The van der Waals surface area contributed by atoms with Crippen LogP contribution >= 0.6 is 0 Å². The average Bonchev–Trinajstić information content (AvgIpc) is 3.38. The van der Waals surface area contributed by atoms with E-state index in [2.05, 4.69) is 25.2 Å². The summed E-state index contributed by atoms with van der Waals surface area (Å²) in [5.74, 6) is -0.296. The number of carbonyl (C=O) groups excluding carboxylic acids is 1. The van der Waals surface area contributed by atoms with E-state index in [0.29, 0.717) is 31.0 Å². The number of nitrogens with zero attached hydrogens (tertiary/aromatic N) is 5. The van der Waals surface area contributed by atoms with Gasteiger partial charge in [0, 0.05) is 32.7 Å².